The molecule has 2 aromatic rings. The molecule has 1 aliphatic rings. The molecule has 0 spiro atoms. The average Bonchev–Trinajstić information content (AvgIpc) is 2.97. The van der Waals surface area contributed by atoms with Crippen LogP contribution in [0.4, 0.5) is 11.4 Å². The van der Waals surface area contributed by atoms with E-state index in [-0.39, 0.29) is 0 Å². The normalized spacial score (nSPS) is 14.1. The van der Waals surface area contributed by atoms with Gasteiger partial charge in [-0.25, -0.2) is 0 Å². The highest BCUT2D eigenvalue weighted by molar-refractivity contribution is 5.97. The van der Waals surface area contributed by atoms with Crippen molar-refractivity contribution in [1.82, 2.24) is 0 Å². The molecule has 4 heteroatoms. The molecule has 1 heterocycles. The third-order valence-electron chi connectivity index (χ3n) is 3.21. The Morgan fingerprint density at radius 3 is 2.75 bits per heavy atom. The van der Waals surface area contributed by atoms with Gasteiger partial charge in [0.1, 0.15) is 11.6 Å². The number of amidine groups is 1. The van der Waals surface area contributed by atoms with Crippen LogP contribution in [0, 0.1) is 0 Å². The summed E-state index contributed by atoms with van der Waals surface area (Å²) in [6.45, 7) is 0.899. The molecule has 0 atom stereocenters. The molecule has 2 aromatic carbocycles. The number of benzene rings is 2. The van der Waals surface area contributed by atoms with Gasteiger partial charge >= 0.3 is 0 Å². The number of nitrogens with zero attached hydrogens (tertiary/aromatic N) is 2. The van der Waals surface area contributed by atoms with Crippen molar-refractivity contribution >= 4 is 17.2 Å². The van der Waals surface area contributed by atoms with Crippen molar-refractivity contribution < 1.29 is 4.74 Å². The minimum atomic E-state index is 0.841. The number of para-hydroxylation sites is 1. The van der Waals surface area contributed by atoms with E-state index in [1.54, 1.807) is 7.11 Å². The van der Waals surface area contributed by atoms with Crippen LogP contribution < -0.4 is 15.1 Å². The molecule has 0 bridgehead atoms. The number of hydrogen-bond acceptors (Lipinski definition) is 4. The Morgan fingerprint density at radius 2 is 1.95 bits per heavy atom. The smallest absolute Gasteiger partial charge is 0.129 e. The molecular formula is C16H17N3O. The quantitative estimate of drug-likeness (QED) is 0.926. The number of ether oxygens (including phenoxy) is 1. The number of hydrogen-bond donors (Lipinski definition) is 1. The lowest BCUT2D eigenvalue weighted by molar-refractivity contribution is 0.415. The summed E-state index contributed by atoms with van der Waals surface area (Å²) in [6.07, 6.45) is 0.909. The van der Waals surface area contributed by atoms with Gasteiger partial charge < -0.3 is 10.1 Å². The highest BCUT2D eigenvalue weighted by Gasteiger charge is 2.15. The fourth-order valence-corrected chi connectivity index (χ4v) is 2.20. The van der Waals surface area contributed by atoms with Gasteiger partial charge in [-0.1, -0.05) is 24.3 Å². The summed E-state index contributed by atoms with van der Waals surface area (Å²) >= 11 is 0. The first-order valence-corrected chi connectivity index (χ1v) is 6.66. The summed E-state index contributed by atoms with van der Waals surface area (Å²) in [7, 11) is 1.67. The molecule has 0 saturated heterocycles. The van der Waals surface area contributed by atoms with Gasteiger partial charge in [-0.15, -0.1) is 0 Å². The number of anilines is 2. The van der Waals surface area contributed by atoms with Gasteiger partial charge in [0.2, 0.25) is 0 Å². The molecule has 0 aromatic heterocycles. The summed E-state index contributed by atoms with van der Waals surface area (Å²) in [4.78, 5) is 0. The molecule has 0 radical (unpaired) electrons. The molecule has 0 fully saturated rings. The Balaban J connectivity index is 1.72. The summed E-state index contributed by atoms with van der Waals surface area (Å²) in [5, 5.41) is 9.97. The Morgan fingerprint density at radius 1 is 1.10 bits per heavy atom. The van der Waals surface area contributed by atoms with Crippen LogP contribution in [0.5, 0.6) is 5.75 Å². The maximum atomic E-state index is 5.22. The van der Waals surface area contributed by atoms with Crippen LogP contribution in [0.1, 0.15) is 6.42 Å². The second-order valence-electron chi connectivity index (χ2n) is 4.61. The second kappa shape index (κ2) is 5.65. The Hall–Kier alpha value is -2.49. The highest BCUT2D eigenvalue weighted by atomic mass is 16.5. The van der Waals surface area contributed by atoms with Gasteiger partial charge in [-0.05, 0) is 24.3 Å². The van der Waals surface area contributed by atoms with Crippen LogP contribution in [-0.2, 0) is 0 Å². The molecule has 102 valence electrons. The van der Waals surface area contributed by atoms with Crippen molar-refractivity contribution in [2.75, 3.05) is 24.0 Å². The predicted molar refractivity (Wildman–Crippen MR) is 82.5 cm³/mol. The van der Waals surface area contributed by atoms with Crippen molar-refractivity contribution in [1.29, 1.82) is 0 Å². The van der Waals surface area contributed by atoms with Crippen LogP contribution >= 0.6 is 0 Å². The van der Waals surface area contributed by atoms with Gasteiger partial charge in [-0.3, -0.25) is 5.01 Å². The Kier molecular flexibility index (Phi) is 3.54. The highest BCUT2D eigenvalue weighted by Crippen LogP contribution is 2.21. The second-order valence-corrected chi connectivity index (χ2v) is 4.61. The minimum absolute atomic E-state index is 0.841. The number of nitrogens with one attached hydrogen (secondary N) is 1. The van der Waals surface area contributed by atoms with Gasteiger partial charge in [-0.2, -0.15) is 5.10 Å². The third-order valence-corrected chi connectivity index (χ3v) is 3.21. The number of hydrazone groups is 1. The fraction of sp³-hybridized carbons (Fsp3) is 0.188. The zero-order valence-electron chi connectivity index (χ0n) is 11.4. The molecule has 1 aliphatic heterocycles. The molecule has 0 saturated carbocycles. The zero-order chi connectivity index (χ0) is 13.8. The lowest BCUT2D eigenvalue weighted by Gasteiger charge is -2.12. The van der Waals surface area contributed by atoms with Crippen LogP contribution in [0.2, 0.25) is 0 Å². The molecule has 0 amide bonds. The van der Waals surface area contributed by atoms with Crippen LogP contribution in [0.3, 0.4) is 0 Å². The topological polar surface area (TPSA) is 36.9 Å². The van der Waals surface area contributed by atoms with Crippen molar-refractivity contribution in [3.05, 3.63) is 54.6 Å². The lowest BCUT2D eigenvalue weighted by atomic mass is 10.3. The zero-order valence-corrected chi connectivity index (χ0v) is 11.4. The largest absolute Gasteiger partial charge is 0.497 e. The molecule has 4 nitrogen and oxygen atoms in total. The molecule has 0 aliphatic carbocycles. The van der Waals surface area contributed by atoms with E-state index in [2.05, 4.69) is 22.6 Å². The van der Waals surface area contributed by atoms with E-state index in [1.807, 2.05) is 47.5 Å². The maximum absolute atomic E-state index is 5.22. The van der Waals surface area contributed by atoms with Crippen molar-refractivity contribution in [2.45, 2.75) is 6.42 Å². The van der Waals surface area contributed by atoms with E-state index >= 15 is 0 Å². The van der Waals surface area contributed by atoms with Gasteiger partial charge in [0.05, 0.1) is 12.8 Å². The number of rotatable bonds is 3. The Labute approximate surface area is 118 Å². The maximum Gasteiger partial charge on any atom is 0.129 e. The van der Waals surface area contributed by atoms with Gasteiger partial charge in [0, 0.05) is 24.7 Å². The Bertz CT molecular complexity index is 610. The van der Waals surface area contributed by atoms with E-state index in [0.29, 0.717) is 0 Å². The van der Waals surface area contributed by atoms with Crippen LogP contribution in [0.25, 0.3) is 0 Å². The summed E-state index contributed by atoms with van der Waals surface area (Å²) < 4.78 is 5.22. The summed E-state index contributed by atoms with van der Waals surface area (Å²) in [5.74, 6) is 1.82. The van der Waals surface area contributed by atoms with Gasteiger partial charge in [0.25, 0.3) is 0 Å². The van der Waals surface area contributed by atoms with Gasteiger partial charge in [0.15, 0.2) is 0 Å². The number of methoxy groups -OCH3 is 1. The monoisotopic (exact) mass is 267 g/mol. The third kappa shape index (κ3) is 2.74. The predicted octanol–water partition coefficient (Wildman–Crippen LogP) is 3.33. The average molecular weight is 267 g/mol. The molecule has 3 rings (SSSR count). The fourth-order valence-electron chi connectivity index (χ4n) is 2.20. The van der Waals surface area contributed by atoms with Crippen molar-refractivity contribution in [2.24, 2.45) is 5.10 Å². The van der Waals surface area contributed by atoms with E-state index in [1.165, 1.54) is 0 Å². The molecule has 1 N–H and O–H groups in total. The first kappa shape index (κ1) is 12.5. The SMILES string of the molecule is COc1cccc(NC2=NN(c3ccccc3)CC2)c1. The first-order chi connectivity index (χ1) is 9.85. The molecule has 20 heavy (non-hydrogen) atoms. The minimum Gasteiger partial charge on any atom is -0.497 e. The van der Waals surface area contributed by atoms with Crippen molar-refractivity contribution in [3.63, 3.8) is 0 Å². The molecule has 0 unspecified atom stereocenters. The van der Waals surface area contributed by atoms with E-state index in [4.69, 9.17) is 4.74 Å². The van der Waals surface area contributed by atoms with Crippen LogP contribution in [-0.4, -0.2) is 19.5 Å². The van der Waals surface area contributed by atoms with Crippen molar-refractivity contribution in [3.8, 4) is 5.75 Å². The summed E-state index contributed by atoms with van der Waals surface area (Å²) in [5.41, 5.74) is 2.12. The lowest BCUT2D eigenvalue weighted by Crippen LogP contribution is -2.11. The van der Waals surface area contributed by atoms with E-state index in [9.17, 15) is 0 Å². The van der Waals surface area contributed by atoms with E-state index < -0.39 is 0 Å². The molecular weight excluding hydrogens is 250 g/mol. The standard InChI is InChI=1S/C16H17N3O/c1-20-15-9-5-6-13(12-15)17-16-10-11-19(18-16)14-7-3-2-4-8-14/h2-9,12H,10-11H2,1H3,(H,17,18). The van der Waals surface area contributed by atoms with E-state index in [0.717, 1.165) is 35.9 Å². The van der Waals surface area contributed by atoms with Crippen LogP contribution in [0.15, 0.2) is 59.7 Å². The first-order valence-electron chi connectivity index (χ1n) is 6.66. The summed E-state index contributed by atoms with van der Waals surface area (Å²) in [6, 6.07) is 18.1.